The molecule has 1 saturated carbocycles. The molecule has 3 nitrogen and oxygen atoms in total. The number of nitrogens with one attached hydrogen (secondary N) is 2. The van der Waals surface area contributed by atoms with Crippen LogP contribution in [0.15, 0.2) is 4.99 Å². The molecule has 0 radical (unpaired) electrons. The highest BCUT2D eigenvalue weighted by atomic mass is 32.2. The molecule has 1 aliphatic heterocycles. The maximum Gasteiger partial charge on any atom is 0.191 e. The van der Waals surface area contributed by atoms with E-state index in [4.69, 9.17) is 4.99 Å². The average Bonchev–Trinajstić information content (AvgIpc) is 2.80. The number of aliphatic imine (C=N–C) groups is 1. The standard InChI is InChI=1S/C13H25N3S/c1-4-14-12(16-11-8-10(11)2)15-9-13(3)6-5-7-17-13/h10-11H,4-9H2,1-3H3,(H2,14,15,16). The molecule has 0 bridgehead atoms. The topological polar surface area (TPSA) is 36.4 Å². The third-order valence-electron chi connectivity index (χ3n) is 3.65. The number of guanidine groups is 1. The zero-order valence-electron chi connectivity index (χ0n) is 11.3. The first-order chi connectivity index (χ1) is 8.13. The predicted molar refractivity (Wildman–Crippen MR) is 76.8 cm³/mol. The van der Waals surface area contributed by atoms with Crippen LogP contribution < -0.4 is 10.6 Å². The number of thioether (sulfide) groups is 1. The van der Waals surface area contributed by atoms with Crippen LogP contribution in [0.1, 0.15) is 40.0 Å². The zero-order valence-corrected chi connectivity index (χ0v) is 12.1. The van der Waals surface area contributed by atoms with Crippen LogP contribution in [0, 0.1) is 5.92 Å². The first-order valence-electron chi connectivity index (χ1n) is 6.82. The van der Waals surface area contributed by atoms with Gasteiger partial charge in [0.2, 0.25) is 0 Å². The van der Waals surface area contributed by atoms with Gasteiger partial charge in [0.25, 0.3) is 0 Å². The minimum atomic E-state index is 0.373. The molecule has 2 fully saturated rings. The van der Waals surface area contributed by atoms with Gasteiger partial charge in [0.05, 0.1) is 6.54 Å². The van der Waals surface area contributed by atoms with E-state index in [1.165, 1.54) is 25.0 Å². The van der Waals surface area contributed by atoms with E-state index in [2.05, 4.69) is 43.2 Å². The molecule has 0 aromatic carbocycles. The van der Waals surface area contributed by atoms with Crippen molar-refractivity contribution in [3.63, 3.8) is 0 Å². The Kier molecular flexibility index (Phi) is 4.23. The molecule has 1 heterocycles. The summed E-state index contributed by atoms with van der Waals surface area (Å²) in [4.78, 5) is 4.76. The van der Waals surface area contributed by atoms with Crippen LogP contribution in [0.25, 0.3) is 0 Å². The molecular formula is C13H25N3S. The van der Waals surface area contributed by atoms with Crippen LogP contribution in [-0.2, 0) is 0 Å². The molecule has 1 saturated heterocycles. The highest BCUT2D eigenvalue weighted by molar-refractivity contribution is 8.00. The maximum atomic E-state index is 4.76. The maximum absolute atomic E-state index is 4.76. The molecule has 3 unspecified atom stereocenters. The first-order valence-corrected chi connectivity index (χ1v) is 7.80. The molecule has 2 aliphatic rings. The molecule has 2 rings (SSSR count). The number of hydrogen-bond donors (Lipinski definition) is 2. The van der Waals surface area contributed by atoms with Crippen molar-refractivity contribution in [3.8, 4) is 0 Å². The normalized spacial score (nSPS) is 37.0. The second-order valence-electron chi connectivity index (χ2n) is 5.56. The van der Waals surface area contributed by atoms with Crippen molar-refractivity contribution >= 4 is 17.7 Å². The van der Waals surface area contributed by atoms with E-state index >= 15 is 0 Å². The summed E-state index contributed by atoms with van der Waals surface area (Å²) in [5.41, 5.74) is 0. The first kappa shape index (κ1) is 13.1. The lowest BCUT2D eigenvalue weighted by molar-refractivity contribution is 0.613. The van der Waals surface area contributed by atoms with Gasteiger partial charge in [-0.2, -0.15) is 11.8 Å². The molecule has 98 valence electrons. The van der Waals surface area contributed by atoms with Gasteiger partial charge in [-0.1, -0.05) is 6.92 Å². The quantitative estimate of drug-likeness (QED) is 0.597. The van der Waals surface area contributed by atoms with Crippen LogP contribution in [0.3, 0.4) is 0 Å². The molecule has 2 N–H and O–H groups in total. The highest BCUT2D eigenvalue weighted by Gasteiger charge is 2.34. The molecular weight excluding hydrogens is 230 g/mol. The van der Waals surface area contributed by atoms with E-state index in [1.807, 2.05) is 0 Å². The Bertz CT molecular complexity index is 284. The van der Waals surface area contributed by atoms with Gasteiger partial charge in [-0.05, 0) is 44.8 Å². The number of nitrogens with zero attached hydrogens (tertiary/aromatic N) is 1. The van der Waals surface area contributed by atoms with Crippen molar-refractivity contribution in [3.05, 3.63) is 0 Å². The van der Waals surface area contributed by atoms with Crippen LogP contribution in [0.5, 0.6) is 0 Å². The van der Waals surface area contributed by atoms with Crippen LogP contribution in [0.2, 0.25) is 0 Å². The van der Waals surface area contributed by atoms with Crippen molar-refractivity contribution in [1.29, 1.82) is 0 Å². The van der Waals surface area contributed by atoms with Crippen molar-refractivity contribution in [1.82, 2.24) is 10.6 Å². The summed E-state index contributed by atoms with van der Waals surface area (Å²) in [5, 5.41) is 6.86. The van der Waals surface area contributed by atoms with E-state index in [9.17, 15) is 0 Å². The van der Waals surface area contributed by atoms with E-state index in [-0.39, 0.29) is 0 Å². The lowest BCUT2D eigenvalue weighted by Crippen LogP contribution is -2.40. The van der Waals surface area contributed by atoms with Gasteiger partial charge in [0.15, 0.2) is 5.96 Å². The Morgan fingerprint density at radius 3 is 2.82 bits per heavy atom. The van der Waals surface area contributed by atoms with Gasteiger partial charge in [-0.15, -0.1) is 0 Å². The van der Waals surface area contributed by atoms with Crippen molar-refractivity contribution < 1.29 is 0 Å². The van der Waals surface area contributed by atoms with E-state index in [0.29, 0.717) is 10.8 Å². The molecule has 0 aromatic rings. The Morgan fingerprint density at radius 2 is 2.29 bits per heavy atom. The largest absolute Gasteiger partial charge is 0.357 e. The zero-order chi connectivity index (χ0) is 12.3. The molecule has 17 heavy (non-hydrogen) atoms. The Labute approximate surface area is 109 Å². The van der Waals surface area contributed by atoms with Crippen molar-refractivity contribution in [2.24, 2.45) is 10.9 Å². The molecule has 0 spiro atoms. The minimum Gasteiger partial charge on any atom is -0.357 e. The summed E-state index contributed by atoms with van der Waals surface area (Å²) < 4.78 is 0.373. The van der Waals surface area contributed by atoms with Gasteiger partial charge in [-0.25, -0.2) is 0 Å². The highest BCUT2D eigenvalue weighted by Crippen LogP contribution is 2.37. The van der Waals surface area contributed by atoms with Gasteiger partial charge in [0, 0.05) is 17.3 Å². The molecule has 0 amide bonds. The molecule has 1 aliphatic carbocycles. The van der Waals surface area contributed by atoms with E-state index in [0.717, 1.165) is 25.0 Å². The van der Waals surface area contributed by atoms with Crippen LogP contribution in [0.4, 0.5) is 0 Å². The van der Waals surface area contributed by atoms with Crippen molar-refractivity contribution in [2.75, 3.05) is 18.8 Å². The van der Waals surface area contributed by atoms with Crippen molar-refractivity contribution in [2.45, 2.75) is 50.8 Å². The monoisotopic (exact) mass is 255 g/mol. The molecule has 3 atom stereocenters. The van der Waals surface area contributed by atoms with Gasteiger partial charge < -0.3 is 10.6 Å². The summed E-state index contributed by atoms with van der Waals surface area (Å²) in [6.45, 7) is 8.64. The Balaban J connectivity index is 1.85. The number of rotatable bonds is 4. The third kappa shape index (κ3) is 3.80. The van der Waals surface area contributed by atoms with Gasteiger partial charge >= 0.3 is 0 Å². The van der Waals surface area contributed by atoms with Crippen LogP contribution >= 0.6 is 11.8 Å². The Morgan fingerprint density at radius 1 is 1.53 bits per heavy atom. The van der Waals surface area contributed by atoms with E-state index in [1.54, 1.807) is 0 Å². The number of hydrogen-bond acceptors (Lipinski definition) is 2. The summed E-state index contributed by atoms with van der Waals surface area (Å²) in [6, 6.07) is 0.650. The predicted octanol–water partition coefficient (Wildman–Crippen LogP) is 2.24. The summed E-state index contributed by atoms with van der Waals surface area (Å²) >= 11 is 2.08. The van der Waals surface area contributed by atoms with Gasteiger partial charge in [0.1, 0.15) is 0 Å². The van der Waals surface area contributed by atoms with Crippen LogP contribution in [-0.4, -0.2) is 35.6 Å². The fourth-order valence-corrected chi connectivity index (χ4v) is 3.45. The lowest BCUT2D eigenvalue weighted by Gasteiger charge is -2.21. The summed E-state index contributed by atoms with van der Waals surface area (Å²) in [6.07, 6.45) is 3.94. The fraction of sp³-hybridized carbons (Fsp3) is 0.923. The average molecular weight is 255 g/mol. The summed E-state index contributed by atoms with van der Waals surface area (Å²) in [7, 11) is 0. The van der Waals surface area contributed by atoms with E-state index < -0.39 is 0 Å². The summed E-state index contributed by atoms with van der Waals surface area (Å²) in [5.74, 6) is 3.13. The second kappa shape index (κ2) is 5.51. The minimum absolute atomic E-state index is 0.373. The third-order valence-corrected chi connectivity index (χ3v) is 5.17. The second-order valence-corrected chi connectivity index (χ2v) is 7.24. The molecule has 4 heteroatoms. The smallest absolute Gasteiger partial charge is 0.191 e. The Hall–Kier alpha value is -0.380. The SMILES string of the molecule is CCNC(=NCC1(C)CCCS1)NC1CC1C. The molecule has 0 aromatic heterocycles. The van der Waals surface area contributed by atoms with Gasteiger partial charge in [-0.3, -0.25) is 4.99 Å². The fourth-order valence-electron chi connectivity index (χ4n) is 2.23. The lowest BCUT2D eigenvalue weighted by atomic mass is 10.1.